The molecule has 0 aliphatic carbocycles. The van der Waals surface area contributed by atoms with E-state index in [1.54, 1.807) is 4.90 Å². The minimum Gasteiger partial charge on any atom is -0.490 e. The highest BCUT2D eigenvalue weighted by Gasteiger charge is 2.37. The lowest BCUT2D eigenvalue weighted by Crippen LogP contribution is -2.42. The molecule has 1 amide bonds. The van der Waals surface area contributed by atoms with Gasteiger partial charge in [-0.05, 0) is 51.4 Å². The molecule has 30 heavy (non-hydrogen) atoms. The number of likely N-dealkylation sites (tertiary alicyclic amines) is 1. The van der Waals surface area contributed by atoms with Gasteiger partial charge in [0.1, 0.15) is 0 Å². The fourth-order valence-corrected chi connectivity index (χ4v) is 4.35. The Kier molecular flexibility index (Phi) is 7.96. The van der Waals surface area contributed by atoms with Gasteiger partial charge in [0, 0.05) is 44.2 Å². The van der Waals surface area contributed by atoms with Gasteiger partial charge in [-0.1, -0.05) is 13.0 Å². The van der Waals surface area contributed by atoms with Gasteiger partial charge in [-0.15, -0.1) is 0 Å². The average molecular weight is 417 g/mol. The zero-order valence-corrected chi connectivity index (χ0v) is 18.8. The molecule has 1 saturated heterocycles. The van der Waals surface area contributed by atoms with Crippen LogP contribution in [-0.2, 0) is 4.79 Å². The van der Waals surface area contributed by atoms with Crippen LogP contribution < -0.4 is 14.9 Å². The van der Waals surface area contributed by atoms with Crippen molar-refractivity contribution >= 4 is 11.6 Å². The summed E-state index contributed by atoms with van der Waals surface area (Å²) < 4.78 is 11.7. The molecule has 0 aromatic heterocycles. The Hall–Kier alpha value is -2.28. The van der Waals surface area contributed by atoms with Crippen molar-refractivity contribution in [3.63, 3.8) is 0 Å². The van der Waals surface area contributed by atoms with Gasteiger partial charge in [0.25, 0.3) is 5.91 Å². The van der Waals surface area contributed by atoms with E-state index in [0.717, 1.165) is 31.6 Å². The molecule has 3 rings (SSSR count). The third-order valence-corrected chi connectivity index (χ3v) is 5.95. The molecule has 0 bridgehead atoms. The fraction of sp³-hybridized carbons (Fsp3) is 0.652. The maximum atomic E-state index is 12.3. The third-order valence-electron chi connectivity index (χ3n) is 5.95. The van der Waals surface area contributed by atoms with Crippen LogP contribution in [0.4, 0.5) is 0 Å². The van der Waals surface area contributed by atoms with Crippen LogP contribution in [0.2, 0.25) is 0 Å². The van der Waals surface area contributed by atoms with Crippen molar-refractivity contribution in [3.8, 4) is 11.5 Å². The highest BCUT2D eigenvalue weighted by Crippen LogP contribution is 2.37. The van der Waals surface area contributed by atoms with Gasteiger partial charge in [-0.3, -0.25) is 4.79 Å². The first-order chi connectivity index (χ1) is 14.6. The second kappa shape index (κ2) is 10.7. The largest absolute Gasteiger partial charge is 0.490 e. The Labute approximate surface area is 180 Å². The standard InChI is InChI=1S/C23H36N4O3/c1-5-12-26-13-11-19-18(15-26)23(25-24-19)17-9-10-20(21(14-17)29-8-4)30-16-22(28)27(6-2)7-3/h9-10,14,18,23,25H,5-8,11-13,15-16H2,1-4H3. The molecule has 2 atom stereocenters. The summed E-state index contributed by atoms with van der Waals surface area (Å²) in [7, 11) is 0. The molecule has 1 aromatic carbocycles. The van der Waals surface area contributed by atoms with E-state index in [-0.39, 0.29) is 18.6 Å². The van der Waals surface area contributed by atoms with Gasteiger partial charge in [0.15, 0.2) is 18.1 Å². The summed E-state index contributed by atoms with van der Waals surface area (Å²) in [5, 5.41) is 4.62. The molecule has 2 unspecified atom stereocenters. The van der Waals surface area contributed by atoms with Gasteiger partial charge >= 0.3 is 0 Å². The number of fused-ring (bicyclic) bond motifs is 1. The summed E-state index contributed by atoms with van der Waals surface area (Å²) in [4.78, 5) is 16.6. The second-order valence-electron chi connectivity index (χ2n) is 7.86. The minimum atomic E-state index is -0.0137. The van der Waals surface area contributed by atoms with E-state index >= 15 is 0 Å². The second-order valence-corrected chi connectivity index (χ2v) is 7.86. The third kappa shape index (κ3) is 5.06. The van der Waals surface area contributed by atoms with Crippen LogP contribution in [-0.4, -0.2) is 67.4 Å². The number of piperidine rings is 1. The van der Waals surface area contributed by atoms with E-state index in [0.29, 0.717) is 37.1 Å². The number of carbonyl (C=O) groups is 1. The lowest BCUT2D eigenvalue weighted by Gasteiger charge is -2.33. The minimum absolute atomic E-state index is 0.0137. The number of benzene rings is 1. The molecule has 2 aliphatic rings. The first-order valence-electron chi connectivity index (χ1n) is 11.3. The highest BCUT2D eigenvalue weighted by molar-refractivity contribution is 5.90. The van der Waals surface area contributed by atoms with E-state index in [1.165, 1.54) is 12.1 Å². The molecule has 1 aromatic rings. The Morgan fingerprint density at radius 1 is 1.20 bits per heavy atom. The molecule has 1 fully saturated rings. The maximum Gasteiger partial charge on any atom is 0.260 e. The lowest BCUT2D eigenvalue weighted by molar-refractivity contribution is -0.132. The van der Waals surface area contributed by atoms with Crippen LogP contribution in [0.5, 0.6) is 11.5 Å². The summed E-state index contributed by atoms with van der Waals surface area (Å²) in [6, 6.07) is 6.16. The van der Waals surface area contributed by atoms with Crippen molar-refractivity contribution in [1.29, 1.82) is 0 Å². The van der Waals surface area contributed by atoms with Crippen molar-refractivity contribution in [2.24, 2.45) is 11.0 Å². The van der Waals surface area contributed by atoms with E-state index < -0.39 is 0 Å². The Morgan fingerprint density at radius 3 is 2.70 bits per heavy atom. The fourth-order valence-electron chi connectivity index (χ4n) is 4.35. The molecule has 7 heteroatoms. The molecule has 0 radical (unpaired) electrons. The zero-order chi connectivity index (χ0) is 21.5. The van der Waals surface area contributed by atoms with Crippen LogP contribution in [0.25, 0.3) is 0 Å². The van der Waals surface area contributed by atoms with Gasteiger partial charge in [-0.2, -0.15) is 5.10 Å². The topological polar surface area (TPSA) is 66.4 Å². The number of amides is 1. The molecular formula is C23H36N4O3. The van der Waals surface area contributed by atoms with E-state index in [4.69, 9.17) is 9.47 Å². The van der Waals surface area contributed by atoms with Crippen LogP contribution in [0, 0.1) is 5.92 Å². The number of ether oxygens (including phenoxy) is 2. The highest BCUT2D eigenvalue weighted by atomic mass is 16.5. The predicted octanol–water partition coefficient (Wildman–Crippen LogP) is 3.06. The lowest BCUT2D eigenvalue weighted by atomic mass is 9.86. The Balaban J connectivity index is 1.72. The van der Waals surface area contributed by atoms with E-state index in [9.17, 15) is 4.79 Å². The number of hydrogen-bond donors (Lipinski definition) is 1. The van der Waals surface area contributed by atoms with Crippen molar-refractivity contribution in [1.82, 2.24) is 15.2 Å². The van der Waals surface area contributed by atoms with Gasteiger partial charge < -0.3 is 24.7 Å². The number of hydrogen-bond acceptors (Lipinski definition) is 6. The Morgan fingerprint density at radius 2 is 2.00 bits per heavy atom. The smallest absolute Gasteiger partial charge is 0.260 e. The first-order valence-corrected chi connectivity index (χ1v) is 11.3. The zero-order valence-electron chi connectivity index (χ0n) is 18.8. The summed E-state index contributed by atoms with van der Waals surface area (Å²) in [5.74, 6) is 1.66. The SMILES string of the molecule is CCCN1CCC2=NNC(c3ccc(OCC(=O)N(CC)CC)c(OCC)c3)C2C1. The molecule has 0 spiro atoms. The van der Waals surface area contributed by atoms with Crippen molar-refractivity contribution < 1.29 is 14.3 Å². The summed E-state index contributed by atoms with van der Waals surface area (Å²) in [5.41, 5.74) is 5.77. The van der Waals surface area contributed by atoms with Gasteiger partial charge in [0.05, 0.1) is 12.6 Å². The van der Waals surface area contributed by atoms with Gasteiger partial charge in [0.2, 0.25) is 0 Å². The quantitative estimate of drug-likeness (QED) is 0.635. The number of nitrogens with one attached hydrogen (secondary N) is 1. The number of hydrazone groups is 1. The molecular weight excluding hydrogens is 380 g/mol. The summed E-state index contributed by atoms with van der Waals surface area (Å²) in [6.07, 6.45) is 2.20. The van der Waals surface area contributed by atoms with Crippen molar-refractivity contribution in [3.05, 3.63) is 23.8 Å². The molecule has 2 heterocycles. The maximum absolute atomic E-state index is 12.3. The number of likely N-dealkylation sites (N-methyl/N-ethyl adjacent to an activating group) is 1. The van der Waals surface area contributed by atoms with Crippen LogP contribution >= 0.6 is 0 Å². The molecule has 166 valence electrons. The Bertz CT molecular complexity index is 748. The van der Waals surface area contributed by atoms with E-state index in [2.05, 4.69) is 28.4 Å². The van der Waals surface area contributed by atoms with Crippen molar-refractivity contribution in [2.45, 2.75) is 46.6 Å². The van der Waals surface area contributed by atoms with Crippen LogP contribution in [0.15, 0.2) is 23.3 Å². The summed E-state index contributed by atoms with van der Waals surface area (Å²) >= 11 is 0. The molecule has 0 saturated carbocycles. The normalized spacial score (nSPS) is 20.9. The van der Waals surface area contributed by atoms with Crippen LogP contribution in [0.3, 0.4) is 0 Å². The van der Waals surface area contributed by atoms with Gasteiger partial charge in [-0.25, -0.2) is 0 Å². The predicted molar refractivity (Wildman–Crippen MR) is 119 cm³/mol. The van der Waals surface area contributed by atoms with E-state index in [1.807, 2.05) is 32.9 Å². The number of nitrogens with zero attached hydrogens (tertiary/aromatic N) is 3. The van der Waals surface area contributed by atoms with Crippen LogP contribution in [0.1, 0.15) is 52.1 Å². The summed E-state index contributed by atoms with van der Waals surface area (Å²) in [6.45, 7) is 13.3. The first kappa shape index (κ1) is 22.4. The van der Waals surface area contributed by atoms with Crippen molar-refractivity contribution in [2.75, 3.05) is 45.9 Å². The molecule has 7 nitrogen and oxygen atoms in total. The molecule has 2 aliphatic heterocycles. The number of carbonyl (C=O) groups excluding carboxylic acids is 1. The monoisotopic (exact) mass is 416 g/mol. The number of rotatable bonds is 10. The molecule has 1 N–H and O–H groups in total. The average Bonchev–Trinajstić information content (AvgIpc) is 3.17.